The second-order valence-electron chi connectivity index (χ2n) is 6.59. The van der Waals surface area contributed by atoms with Crippen molar-refractivity contribution in [1.29, 1.82) is 0 Å². The number of nitrogens with one attached hydrogen (secondary N) is 1. The van der Waals surface area contributed by atoms with E-state index >= 15 is 0 Å². The number of carbonyl (C=O) groups is 1. The minimum atomic E-state index is -3.64. The van der Waals surface area contributed by atoms with Crippen LogP contribution in [0.15, 0.2) is 47.4 Å². The van der Waals surface area contributed by atoms with Crippen molar-refractivity contribution in [3.8, 4) is 11.5 Å². The van der Waals surface area contributed by atoms with E-state index in [4.69, 9.17) is 9.47 Å². The number of carbonyl (C=O) groups excluding carboxylic acids is 1. The molecular weight excluding hydrogens is 382 g/mol. The fraction of sp³-hybridized carbons (Fsp3) is 0.316. The van der Waals surface area contributed by atoms with Crippen molar-refractivity contribution in [3.63, 3.8) is 0 Å². The Labute approximate surface area is 163 Å². The van der Waals surface area contributed by atoms with E-state index in [0.717, 1.165) is 11.4 Å². The van der Waals surface area contributed by atoms with Crippen LogP contribution in [-0.2, 0) is 14.8 Å². The number of sulfonamides is 1. The first kappa shape index (κ1) is 18.6. The molecule has 1 saturated heterocycles. The Hall–Kier alpha value is -2.78. The lowest BCUT2D eigenvalue weighted by Crippen LogP contribution is -2.48. The Morgan fingerprint density at radius 2 is 1.86 bits per heavy atom. The number of piperazine rings is 1. The standard InChI is InChI=1S/C19H21N3O5S/c1-26-15-4-2-3-14(11-15)21-7-9-22(10-8-21)28(24,25)16-5-6-17-18(12-16)27-13-19(23)20-17/h2-6,11-12H,7-10,13H2,1H3,(H,20,23). The van der Waals surface area contributed by atoms with Crippen LogP contribution in [0.1, 0.15) is 0 Å². The topological polar surface area (TPSA) is 88.2 Å². The molecule has 2 aliphatic rings. The lowest BCUT2D eigenvalue weighted by molar-refractivity contribution is -0.118. The van der Waals surface area contributed by atoms with Crippen molar-refractivity contribution < 1.29 is 22.7 Å². The van der Waals surface area contributed by atoms with Crippen LogP contribution in [0.25, 0.3) is 0 Å². The van der Waals surface area contributed by atoms with E-state index in [1.165, 1.54) is 16.4 Å². The smallest absolute Gasteiger partial charge is 0.262 e. The van der Waals surface area contributed by atoms with Gasteiger partial charge >= 0.3 is 0 Å². The average Bonchev–Trinajstić information content (AvgIpc) is 2.73. The van der Waals surface area contributed by atoms with Gasteiger partial charge in [-0.15, -0.1) is 0 Å². The van der Waals surface area contributed by atoms with Gasteiger partial charge in [-0.05, 0) is 24.3 Å². The van der Waals surface area contributed by atoms with E-state index in [9.17, 15) is 13.2 Å². The third-order valence-electron chi connectivity index (χ3n) is 4.88. The maximum absolute atomic E-state index is 13.0. The summed E-state index contributed by atoms with van der Waals surface area (Å²) in [5.74, 6) is 0.890. The van der Waals surface area contributed by atoms with Gasteiger partial charge in [-0.1, -0.05) is 6.07 Å². The van der Waals surface area contributed by atoms with Gasteiger partial charge in [0.1, 0.15) is 11.5 Å². The summed E-state index contributed by atoms with van der Waals surface area (Å²) in [7, 11) is -2.02. The highest BCUT2D eigenvalue weighted by Gasteiger charge is 2.30. The molecule has 2 heterocycles. The Bertz CT molecular complexity index is 1000. The minimum absolute atomic E-state index is 0.115. The summed E-state index contributed by atoms with van der Waals surface area (Å²) >= 11 is 0. The molecule has 1 amide bonds. The molecule has 0 aromatic heterocycles. The number of hydrogen-bond donors (Lipinski definition) is 1. The fourth-order valence-electron chi connectivity index (χ4n) is 3.36. The summed E-state index contributed by atoms with van der Waals surface area (Å²) in [4.78, 5) is 13.7. The number of amides is 1. The average molecular weight is 403 g/mol. The van der Waals surface area contributed by atoms with Gasteiger partial charge in [-0.25, -0.2) is 8.42 Å². The molecule has 0 saturated carbocycles. The zero-order valence-corrected chi connectivity index (χ0v) is 16.2. The molecule has 2 aromatic carbocycles. The van der Waals surface area contributed by atoms with Crippen LogP contribution in [0.5, 0.6) is 11.5 Å². The molecule has 0 bridgehead atoms. The van der Waals surface area contributed by atoms with E-state index in [-0.39, 0.29) is 17.4 Å². The molecule has 4 rings (SSSR count). The molecular formula is C19H21N3O5S. The molecule has 28 heavy (non-hydrogen) atoms. The van der Waals surface area contributed by atoms with Crippen molar-refractivity contribution in [2.75, 3.05) is 50.1 Å². The van der Waals surface area contributed by atoms with Crippen LogP contribution in [0, 0.1) is 0 Å². The van der Waals surface area contributed by atoms with Gasteiger partial charge < -0.3 is 19.7 Å². The van der Waals surface area contributed by atoms with Crippen molar-refractivity contribution >= 4 is 27.3 Å². The maximum atomic E-state index is 13.0. The Balaban J connectivity index is 1.48. The third kappa shape index (κ3) is 3.50. The number of benzene rings is 2. The fourth-order valence-corrected chi connectivity index (χ4v) is 4.80. The van der Waals surface area contributed by atoms with E-state index in [0.29, 0.717) is 37.6 Å². The van der Waals surface area contributed by atoms with Gasteiger partial charge in [0.15, 0.2) is 6.61 Å². The maximum Gasteiger partial charge on any atom is 0.262 e. The lowest BCUT2D eigenvalue weighted by Gasteiger charge is -2.35. The molecule has 0 aliphatic carbocycles. The van der Waals surface area contributed by atoms with Crippen LogP contribution >= 0.6 is 0 Å². The number of fused-ring (bicyclic) bond motifs is 1. The van der Waals surface area contributed by atoms with Gasteiger partial charge in [0.2, 0.25) is 10.0 Å². The first-order chi connectivity index (χ1) is 13.5. The van der Waals surface area contributed by atoms with Crippen LogP contribution in [0.2, 0.25) is 0 Å². The van der Waals surface area contributed by atoms with Crippen LogP contribution in [0.4, 0.5) is 11.4 Å². The molecule has 2 aromatic rings. The van der Waals surface area contributed by atoms with E-state index < -0.39 is 10.0 Å². The van der Waals surface area contributed by atoms with E-state index in [1.54, 1.807) is 13.2 Å². The van der Waals surface area contributed by atoms with Crippen LogP contribution < -0.4 is 19.7 Å². The van der Waals surface area contributed by atoms with Crippen molar-refractivity contribution in [3.05, 3.63) is 42.5 Å². The highest BCUT2D eigenvalue weighted by molar-refractivity contribution is 7.89. The number of methoxy groups -OCH3 is 1. The first-order valence-corrected chi connectivity index (χ1v) is 10.4. The Morgan fingerprint density at radius 1 is 1.07 bits per heavy atom. The van der Waals surface area contributed by atoms with Gasteiger partial charge in [0, 0.05) is 44.0 Å². The highest BCUT2D eigenvalue weighted by atomic mass is 32.2. The lowest BCUT2D eigenvalue weighted by atomic mass is 10.2. The van der Waals surface area contributed by atoms with Crippen LogP contribution in [0.3, 0.4) is 0 Å². The molecule has 0 atom stereocenters. The summed E-state index contributed by atoms with van der Waals surface area (Å²) in [5, 5.41) is 2.66. The van der Waals surface area contributed by atoms with Crippen molar-refractivity contribution in [2.45, 2.75) is 4.90 Å². The quantitative estimate of drug-likeness (QED) is 0.833. The van der Waals surface area contributed by atoms with Gasteiger partial charge in [-0.3, -0.25) is 4.79 Å². The van der Waals surface area contributed by atoms with E-state index in [1.807, 2.05) is 24.3 Å². The Kier molecular flexibility index (Phi) is 4.86. The largest absolute Gasteiger partial charge is 0.497 e. The summed E-state index contributed by atoms with van der Waals surface area (Å²) in [5.41, 5.74) is 1.49. The number of hydrogen-bond acceptors (Lipinski definition) is 6. The zero-order chi connectivity index (χ0) is 19.7. The van der Waals surface area contributed by atoms with Crippen LogP contribution in [-0.4, -0.2) is 58.5 Å². The SMILES string of the molecule is COc1cccc(N2CCN(S(=O)(=O)c3ccc4c(c3)OCC(=O)N4)CC2)c1. The molecule has 0 radical (unpaired) electrons. The summed E-state index contributed by atoms with van der Waals surface area (Å²) in [6, 6.07) is 12.3. The molecule has 1 N–H and O–H groups in total. The number of nitrogens with zero attached hydrogens (tertiary/aromatic N) is 2. The Morgan fingerprint density at radius 3 is 2.61 bits per heavy atom. The predicted molar refractivity (Wildman–Crippen MR) is 105 cm³/mol. The predicted octanol–water partition coefficient (Wildman–Crippen LogP) is 1.54. The number of anilines is 2. The van der Waals surface area contributed by atoms with Crippen molar-refractivity contribution in [1.82, 2.24) is 4.31 Å². The second-order valence-corrected chi connectivity index (χ2v) is 8.53. The zero-order valence-electron chi connectivity index (χ0n) is 15.4. The molecule has 0 unspecified atom stereocenters. The molecule has 9 heteroatoms. The number of rotatable bonds is 4. The molecule has 2 aliphatic heterocycles. The van der Waals surface area contributed by atoms with Gasteiger partial charge in [0.25, 0.3) is 5.91 Å². The van der Waals surface area contributed by atoms with Gasteiger partial charge in [-0.2, -0.15) is 4.31 Å². The molecule has 8 nitrogen and oxygen atoms in total. The number of ether oxygens (including phenoxy) is 2. The summed E-state index contributed by atoms with van der Waals surface area (Å²) in [6.45, 7) is 1.83. The summed E-state index contributed by atoms with van der Waals surface area (Å²) in [6.07, 6.45) is 0. The second kappa shape index (κ2) is 7.33. The van der Waals surface area contributed by atoms with E-state index in [2.05, 4.69) is 10.2 Å². The molecule has 148 valence electrons. The van der Waals surface area contributed by atoms with Gasteiger partial charge in [0.05, 0.1) is 17.7 Å². The minimum Gasteiger partial charge on any atom is -0.497 e. The monoisotopic (exact) mass is 403 g/mol. The van der Waals surface area contributed by atoms with Crippen molar-refractivity contribution in [2.24, 2.45) is 0 Å². The molecule has 0 spiro atoms. The first-order valence-electron chi connectivity index (χ1n) is 8.93. The highest BCUT2D eigenvalue weighted by Crippen LogP contribution is 2.32. The third-order valence-corrected chi connectivity index (χ3v) is 6.78. The normalized spacial score (nSPS) is 17.5. The molecule has 1 fully saturated rings. The summed E-state index contributed by atoms with van der Waals surface area (Å²) < 4.78 is 38.1.